The molecule has 7 heteroatoms. The predicted molar refractivity (Wildman–Crippen MR) is 116 cm³/mol. The van der Waals surface area contributed by atoms with Crippen molar-refractivity contribution in [3.05, 3.63) is 70.6 Å². The Morgan fingerprint density at radius 1 is 1.03 bits per heavy atom. The van der Waals surface area contributed by atoms with Crippen molar-refractivity contribution in [1.29, 1.82) is 0 Å². The van der Waals surface area contributed by atoms with E-state index in [2.05, 4.69) is 48.1 Å². The highest BCUT2D eigenvalue weighted by atomic mass is 19.4. The summed E-state index contributed by atoms with van der Waals surface area (Å²) in [7, 11) is 0. The van der Waals surface area contributed by atoms with Crippen molar-refractivity contribution in [2.24, 2.45) is 0 Å². The van der Waals surface area contributed by atoms with Gasteiger partial charge in [0.05, 0.1) is 11.6 Å². The maximum atomic E-state index is 13.8. The van der Waals surface area contributed by atoms with Gasteiger partial charge in [0.25, 0.3) is 0 Å². The molecule has 32 heavy (non-hydrogen) atoms. The maximum absolute atomic E-state index is 13.8. The van der Waals surface area contributed by atoms with Crippen LogP contribution in [0.3, 0.4) is 0 Å². The summed E-state index contributed by atoms with van der Waals surface area (Å²) in [4.78, 5) is 4.29. The van der Waals surface area contributed by atoms with Crippen LogP contribution in [0.4, 0.5) is 13.2 Å². The van der Waals surface area contributed by atoms with Crippen molar-refractivity contribution in [3.63, 3.8) is 0 Å². The number of aromatic nitrogens is 2. The normalized spacial score (nSPS) is 16.6. The van der Waals surface area contributed by atoms with Crippen molar-refractivity contribution >= 4 is 0 Å². The quantitative estimate of drug-likeness (QED) is 0.507. The fourth-order valence-electron chi connectivity index (χ4n) is 3.61. The standard InChI is InChI=1S/C25H24F3N3O/c1-24(2,3)19-12-7-16(8-13-19)6-9-17-10-11-18(15-20(17)25(26,27)28)22-30-23(32-31-22)21-5-4-14-29-21/h7-8,10-13,15,21,29H,4-5,14H2,1-3H3. The van der Waals surface area contributed by atoms with Crippen LogP contribution in [0.25, 0.3) is 11.4 Å². The van der Waals surface area contributed by atoms with Gasteiger partial charge in [0.1, 0.15) is 0 Å². The first-order chi connectivity index (χ1) is 15.1. The molecule has 4 nitrogen and oxygen atoms in total. The number of hydrogen-bond acceptors (Lipinski definition) is 4. The first kappa shape index (κ1) is 22.1. The van der Waals surface area contributed by atoms with Crippen LogP contribution in [0.5, 0.6) is 0 Å². The van der Waals surface area contributed by atoms with Gasteiger partial charge in [-0.25, -0.2) is 0 Å². The molecule has 1 aliphatic heterocycles. The van der Waals surface area contributed by atoms with E-state index in [0.29, 0.717) is 11.5 Å². The van der Waals surface area contributed by atoms with Crippen LogP contribution in [-0.4, -0.2) is 16.7 Å². The molecule has 1 N–H and O–H groups in total. The second-order valence-electron chi connectivity index (χ2n) is 8.94. The average Bonchev–Trinajstić information content (AvgIpc) is 3.43. The van der Waals surface area contributed by atoms with Crippen LogP contribution < -0.4 is 5.32 Å². The fraction of sp³-hybridized carbons (Fsp3) is 0.360. The molecule has 0 aliphatic carbocycles. The number of hydrogen-bond donors (Lipinski definition) is 1. The van der Waals surface area contributed by atoms with E-state index in [1.54, 1.807) is 6.07 Å². The van der Waals surface area contributed by atoms with Crippen LogP contribution in [0.1, 0.15) is 67.8 Å². The monoisotopic (exact) mass is 439 g/mol. The summed E-state index contributed by atoms with van der Waals surface area (Å²) in [5.41, 5.74) is 1.11. The molecule has 166 valence electrons. The lowest BCUT2D eigenvalue weighted by atomic mass is 9.87. The maximum Gasteiger partial charge on any atom is 0.417 e. The lowest BCUT2D eigenvalue weighted by Crippen LogP contribution is -2.13. The van der Waals surface area contributed by atoms with Gasteiger partial charge in [-0.1, -0.05) is 49.9 Å². The highest BCUT2D eigenvalue weighted by Gasteiger charge is 2.34. The van der Waals surface area contributed by atoms with Gasteiger partial charge >= 0.3 is 6.18 Å². The summed E-state index contributed by atoms with van der Waals surface area (Å²) >= 11 is 0. The second kappa shape index (κ2) is 8.44. The summed E-state index contributed by atoms with van der Waals surface area (Å²) in [5.74, 6) is 6.06. The number of alkyl halides is 3. The van der Waals surface area contributed by atoms with E-state index in [-0.39, 0.29) is 28.4 Å². The van der Waals surface area contributed by atoms with E-state index < -0.39 is 11.7 Å². The molecule has 4 rings (SSSR count). The Balaban J connectivity index is 1.64. The van der Waals surface area contributed by atoms with E-state index in [9.17, 15) is 13.2 Å². The molecule has 0 radical (unpaired) electrons. The Hall–Kier alpha value is -3.11. The zero-order chi connectivity index (χ0) is 22.9. The first-order valence-electron chi connectivity index (χ1n) is 10.5. The minimum Gasteiger partial charge on any atom is -0.337 e. The Morgan fingerprint density at radius 2 is 1.78 bits per heavy atom. The van der Waals surface area contributed by atoms with Crippen molar-refractivity contribution in [2.45, 2.75) is 51.2 Å². The zero-order valence-corrected chi connectivity index (χ0v) is 18.2. The fourth-order valence-corrected chi connectivity index (χ4v) is 3.61. The zero-order valence-electron chi connectivity index (χ0n) is 18.2. The molecule has 2 aromatic carbocycles. The van der Waals surface area contributed by atoms with E-state index in [4.69, 9.17) is 4.52 Å². The Labute approximate surface area is 185 Å². The minimum absolute atomic E-state index is 0.00586. The van der Waals surface area contributed by atoms with E-state index in [1.807, 2.05) is 24.3 Å². The molecule has 0 spiro atoms. The van der Waals surface area contributed by atoms with Crippen LogP contribution in [0.15, 0.2) is 47.0 Å². The van der Waals surface area contributed by atoms with Gasteiger partial charge in [0, 0.05) is 16.7 Å². The minimum atomic E-state index is -4.56. The van der Waals surface area contributed by atoms with Gasteiger partial charge < -0.3 is 9.84 Å². The van der Waals surface area contributed by atoms with Crippen LogP contribution in [0, 0.1) is 11.8 Å². The number of benzene rings is 2. The highest BCUT2D eigenvalue weighted by Crippen LogP contribution is 2.35. The Kier molecular flexibility index (Phi) is 5.83. The molecule has 1 fully saturated rings. The van der Waals surface area contributed by atoms with Gasteiger partial charge in [-0.15, -0.1) is 0 Å². The SMILES string of the molecule is CC(C)(C)c1ccc(C#Cc2ccc(-c3noc(C4CCCN4)n3)cc2C(F)(F)F)cc1. The van der Waals surface area contributed by atoms with Gasteiger partial charge in [0.15, 0.2) is 0 Å². The topological polar surface area (TPSA) is 51.0 Å². The number of nitrogens with one attached hydrogen (secondary N) is 1. The second-order valence-corrected chi connectivity index (χ2v) is 8.94. The third-order valence-corrected chi connectivity index (χ3v) is 5.48. The lowest BCUT2D eigenvalue weighted by Gasteiger charge is -2.18. The van der Waals surface area contributed by atoms with Gasteiger partial charge in [-0.3, -0.25) is 0 Å². The van der Waals surface area contributed by atoms with Crippen molar-refractivity contribution in [3.8, 4) is 23.2 Å². The van der Waals surface area contributed by atoms with Crippen LogP contribution >= 0.6 is 0 Å². The summed E-state index contributed by atoms with van der Waals surface area (Å²) in [5, 5.41) is 7.11. The molecular weight excluding hydrogens is 415 g/mol. The smallest absolute Gasteiger partial charge is 0.337 e. The molecule has 1 saturated heterocycles. The number of halogens is 3. The third-order valence-electron chi connectivity index (χ3n) is 5.48. The molecule has 1 atom stereocenters. The molecule has 0 saturated carbocycles. The molecule has 0 bridgehead atoms. The van der Waals surface area contributed by atoms with E-state index >= 15 is 0 Å². The summed E-state index contributed by atoms with van der Waals surface area (Å²) in [6.45, 7) is 7.15. The largest absolute Gasteiger partial charge is 0.417 e. The molecule has 1 aromatic heterocycles. The third kappa shape index (κ3) is 4.86. The average molecular weight is 439 g/mol. The summed E-state index contributed by atoms with van der Waals surface area (Å²) < 4.78 is 46.6. The van der Waals surface area contributed by atoms with E-state index in [1.165, 1.54) is 6.07 Å². The Morgan fingerprint density at radius 3 is 2.41 bits per heavy atom. The summed E-state index contributed by atoms with van der Waals surface area (Å²) in [6.07, 6.45) is -2.71. The number of nitrogens with zero attached hydrogens (tertiary/aromatic N) is 2. The molecule has 1 unspecified atom stereocenters. The summed E-state index contributed by atoms with van der Waals surface area (Å²) in [6, 6.07) is 11.4. The molecule has 0 amide bonds. The van der Waals surface area contributed by atoms with Crippen LogP contribution in [0.2, 0.25) is 0 Å². The predicted octanol–water partition coefficient (Wildman–Crippen LogP) is 5.88. The van der Waals surface area contributed by atoms with Crippen molar-refractivity contribution < 1.29 is 17.7 Å². The van der Waals surface area contributed by atoms with Crippen LogP contribution in [-0.2, 0) is 11.6 Å². The van der Waals surface area contributed by atoms with Gasteiger partial charge in [0.2, 0.25) is 11.7 Å². The molecule has 2 heterocycles. The molecule has 1 aliphatic rings. The van der Waals surface area contributed by atoms with E-state index in [0.717, 1.165) is 31.0 Å². The molecular formula is C25H24F3N3O. The van der Waals surface area contributed by atoms with Gasteiger partial charge in [-0.2, -0.15) is 18.2 Å². The molecule has 3 aromatic rings. The van der Waals surface area contributed by atoms with Crippen molar-refractivity contribution in [2.75, 3.05) is 6.54 Å². The van der Waals surface area contributed by atoms with Gasteiger partial charge in [-0.05, 0) is 60.7 Å². The lowest BCUT2D eigenvalue weighted by molar-refractivity contribution is -0.137. The highest BCUT2D eigenvalue weighted by molar-refractivity contribution is 5.60. The number of rotatable bonds is 2. The first-order valence-corrected chi connectivity index (χ1v) is 10.5. The Bertz CT molecular complexity index is 1160. The van der Waals surface area contributed by atoms with Crippen molar-refractivity contribution in [1.82, 2.24) is 15.5 Å².